The molecule has 0 unspecified atom stereocenters. The maximum Gasteiger partial charge on any atom is 0.329 e. The summed E-state index contributed by atoms with van der Waals surface area (Å²) in [6, 6.07) is 15.4. The quantitative estimate of drug-likeness (QED) is 0.585. The van der Waals surface area contributed by atoms with Gasteiger partial charge in [-0.05, 0) is 43.0 Å². The van der Waals surface area contributed by atoms with Crippen LogP contribution in [0.3, 0.4) is 0 Å². The maximum absolute atomic E-state index is 12.7. The van der Waals surface area contributed by atoms with Crippen LogP contribution in [0.2, 0.25) is 0 Å². The van der Waals surface area contributed by atoms with Gasteiger partial charge in [-0.15, -0.1) is 0 Å². The molecule has 1 aromatic heterocycles. The Morgan fingerprint density at radius 3 is 2.67 bits per heavy atom. The van der Waals surface area contributed by atoms with Gasteiger partial charge in [-0.2, -0.15) is 0 Å². The number of urea groups is 1. The van der Waals surface area contributed by atoms with Gasteiger partial charge in [-0.1, -0.05) is 36.4 Å². The van der Waals surface area contributed by atoms with Crippen molar-refractivity contribution in [3.05, 3.63) is 65.9 Å². The van der Waals surface area contributed by atoms with Crippen LogP contribution >= 0.6 is 0 Å². The van der Waals surface area contributed by atoms with E-state index in [1.54, 1.807) is 24.3 Å². The van der Waals surface area contributed by atoms with E-state index in [0.717, 1.165) is 35.4 Å². The van der Waals surface area contributed by atoms with E-state index in [1.807, 2.05) is 24.3 Å². The minimum Gasteiger partial charge on any atom is -0.356 e. The highest BCUT2D eigenvalue weighted by Gasteiger charge is 2.40. The molecule has 2 heterocycles. The Kier molecular flexibility index (Phi) is 4.50. The number of fused-ring (bicyclic) bond motifs is 3. The lowest BCUT2D eigenvalue weighted by molar-refractivity contribution is -0.126. The van der Waals surface area contributed by atoms with Gasteiger partial charge in [0.05, 0.1) is 18.2 Å². The number of carbonyl (C=O) groups is 3. The minimum atomic E-state index is -0.858. The average molecular weight is 402 g/mol. The maximum atomic E-state index is 12.7. The summed E-state index contributed by atoms with van der Waals surface area (Å²) < 4.78 is 0. The van der Waals surface area contributed by atoms with Crippen LogP contribution in [0, 0.1) is 0 Å². The highest BCUT2D eigenvalue weighted by Crippen LogP contribution is 2.34. The topological polar surface area (TPSA) is 94.3 Å². The number of aromatic nitrogens is 1. The third-order valence-corrected chi connectivity index (χ3v) is 5.87. The Morgan fingerprint density at radius 2 is 1.83 bits per heavy atom. The number of para-hydroxylation sites is 2. The van der Waals surface area contributed by atoms with Crippen molar-refractivity contribution in [2.45, 2.75) is 37.8 Å². The lowest BCUT2D eigenvalue weighted by Gasteiger charge is -2.24. The van der Waals surface area contributed by atoms with E-state index in [-0.39, 0.29) is 18.4 Å². The van der Waals surface area contributed by atoms with Crippen LogP contribution in [0.15, 0.2) is 54.6 Å². The number of hydrogen-bond acceptors (Lipinski definition) is 3. The van der Waals surface area contributed by atoms with Gasteiger partial charge >= 0.3 is 6.03 Å². The zero-order valence-corrected chi connectivity index (χ0v) is 16.4. The summed E-state index contributed by atoms with van der Waals surface area (Å²) in [7, 11) is 0. The highest BCUT2D eigenvalue weighted by molar-refractivity contribution is 6.22. The first-order valence-corrected chi connectivity index (χ1v) is 10.2. The van der Waals surface area contributed by atoms with Crippen LogP contribution in [-0.4, -0.2) is 28.9 Å². The smallest absolute Gasteiger partial charge is 0.329 e. The Balaban J connectivity index is 1.30. The zero-order valence-electron chi connectivity index (χ0n) is 16.4. The van der Waals surface area contributed by atoms with Gasteiger partial charge in [0.1, 0.15) is 6.04 Å². The van der Waals surface area contributed by atoms with Crippen LogP contribution in [0.4, 0.5) is 10.5 Å². The van der Waals surface area contributed by atoms with Crippen molar-refractivity contribution in [3.63, 3.8) is 0 Å². The zero-order chi connectivity index (χ0) is 20.7. The van der Waals surface area contributed by atoms with Gasteiger partial charge in [0.25, 0.3) is 5.91 Å². The number of benzene rings is 2. The van der Waals surface area contributed by atoms with E-state index in [0.29, 0.717) is 5.69 Å². The van der Waals surface area contributed by atoms with Crippen molar-refractivity contribution in [1.29, 1.82) is 0 Å². The molecule has 2 atom stereocenters. The summed E-state index contributed by atoms with van der Waals surface area (Å²) in [5.41, 5.74) is 3.87. The summed E-state index contributed by atoms with van der Waals surface area (Å²) >= 11 is 0. The predicted octanol–water partition coefficient (Wildman–Crippen LogP) is 3.18. The summed E-state index contributed by atoms with van der Waals surface area (Å²) in [5.74, 6) is -0.656. The fourth-order valence-electron chi connectivity index (χ4n) is 4.49. The number of rotatable bonds is 4. The summed E-state index contributed by atoms with van der Waals surface area (Å²) in [4.78, 5) is 42.3. The summed E-state index contributed by atoms with van der Waals surface area (Å²) in [5, 5.41) is 6.89. The lowest BCUT2D eigenvalue weighted by Crippen LogP contribution is -2.38. The first kappa shape index (κ1) is 18.4. The number of H-pyrrole nitrogens is 1. The fraction of sp³-hybridized carbons (Fsp3) is 0.261. The second-order valence-electron chi connectivity index (χ2n) is 7.79. The van der Waals surface area contributed by atoms with Gasteiger partial charge < -0.3 is 15.6 Å². The monoisotopic (exact) mass is 402 g/mol. The van der Waals surface area contributed by atoms with Crippen LogP contribution in [0.5, 0.6) is 0 Å². The largest absolute Gasteiger partial charge is 0.356 e. The molecule has 3 aromatic rings. The Bertz CT molecular complexity index is 1140. The molecule has 1 fully saturated rings. The molecule has 2 aromatic carbocycles. The van der Waals surface area contributed by atoms with E-state index < -0.39 is 18.0 Å². The number of imide groups is 1. The van der Waals surface area contributed by atoms with Crippen LogP contribution in [0.1, 0.15) is 36.6 Å². The van der Waals surface area contributed by atoms with Crippen molar-refractivity contribution in [2.24, 2.45) is 0 Å². The van der Waals surface area contributed by atoms with Crippen molar-refractivity contribution >= 4 is 34.4 Å². The van der Waals surface area contributed by atoms with Crippen molar-refractivity contribution in [3.8, 4) is 0 Å². The molecule has 3 N–H and O–H groups in total. The normalized spacial score (nSPS) is 20.9. The summed E-state index contributed by atoms with van der Waals surface area (Å²) in [6.07, 6.45) is 2.72. The van der Waals surface area contributed by atoms with Gasteiger partial charge in [0.2, 0.25) is 5.91 Å². The average Bonchev–Trinajstić information content (AvgIpc) is 3.26. The first-order valence-electron chi connectivity index (χ1n) is 10.2. The molecule has 30 heavy (non-hydrogen) atoms. The molecule has 152 valence electrons. The summed E-state index contributed by atoms with van der Waals surface area (Å²) in [6.45, 7) is 0. The third kappa shape index (κ3) is 3.12. The molecule has 0 bridgehead atoms. The standard InChI is InChI=1S/C23H22N4O3/c28-20(13-19-22(29)27(23(30)26-19)14-7-2-1-3-8-14)24-18-12-6-10-16-15-9-4-5-11-17(15)25-21(16)18/h1-5,7-9,11,18-19,25H,6,10,12-13H2,(H,24,28)(H,26,30)/t18-,19-/m1/s1. The van der Waals surface area contributed by atoms with E-state index >= 15 is 0 Å². The molecule has 1 aliphatic heterocycles. The molecule has 0 spiro atoms. The number of aryl methyl sites for hydroxylation is 1. The second kappa shape index (κ2) is 7.33. The second-order valence-corrected chi connectivity index (χ2v) is 7.79. The number of carbonyl (C=O) groups excluding carboxylic acids is 3. The molecule has 7 heteroatoms. The lowest BCUT2D eigenvalue weighted by atomic mass is 9.91. The number of nitrogens with one attached hydrogen (secondary N) is 3. The van der Waals surface area contributed by atoms with E-state index in [2.05, 4.69) is 21.7 Å². The van der Waals surface area contributed by atoms with E-state index in [4.69, 9.17) is 0 Å². The van der Waals surface area contributed by atoms with Crippen molar-refractivity contribution in [2.75, 3.05) is 4.90 Å². The molecular weight excluding hydrogens is 380 g/mol. The number of amides is 4. The molecule has 0 saturated carbocycles. The minimum absolute atomic E-state index is 0.0834. The first-order chi connectivity index (χ1) is 14.6. The third-order valence-electron chi connectivity index (χ3n) is 5.87. The number of anilines is 1. The fourth-order valence-corrected chi connectivity index (χ4v) is 4.49. The van der Waals surface area contributed by atoms with E-state index in [1.165, 1.54) is 10.9 Å². The van der Waals surface area contributed by atoms with Crippen LogP contribution in [-0.2, 0) is 16.0 Å². The predicted molar refractivity (Wildman–Crippen MR) is 113 cm³/mol. The Labute approximate surface area is 173 Å². The van der Waals surface area contributed by atoms with Crippen molar-refractivity contribution in [1.82, 2.24) is 15.6 Å². The Hall–Kier alpha value is -3.61. The molecule has 1 saturated heterocycles. The number of aromatic amines is 1. The number of hydrogen-bond donors (Lipinski definition) is 3. The van der Waals surface area contributed by atoms with Crippen LogP contribution in [0.25, 0.3) is 10.9 Å². The Morgan fingerprint density at radius 1 is 1.07 bits per heavy atom. The molecule has 4 amide bonds. The highest BCUT2D eigenvalue weighted by atomic mass is 16.2. The molecular formula is C23H22N4O3. The van der Waals surface area contributed by atoms with Gasteiger partial charge in [-0.25, -0.2) is 9.69 Å². The van der Waals surface area contributed by atoms with E-state index in [9.17, 15) is 14.4 Å². The molecule has 2 aliphatic rings. The number of nitrogens with zero attached hydrogens (tertiary/aromatic N) is 1. The molecule has 5 rings (SSSR count). The van der Waals surface area contributed by atoms with Gasteiger partial charge in [0.15, 0.2) is 0 Å². The van der Waals surface area contributed by atoms with Gasteiger partial charge in [-0.3, -0.25) is 9.59 Å². The van der Waals surface area contributed by atoms with Crippen molar-refractivity contribution < 1.29 is 14.4 Å². The molecule has 0 radical (unpaired) electrons. The molecule has 1 aliphatic carbocycles. The van der Waals surface area contributed by atoms with Gasteiger partial charge in [0, 0.05) is 16.6 Å². The van der Waals surface area contributed by atoms with Crippen LogP contribution < -0.4 is 15.5 Å². The SMILES string of the molecule is O=C(C[C@H]1NC(=O)N(c2ccccc2)C1=O)N[C@@H]1CCCc2c1[nH]c1ccccc21. The molecule has 7 nitrogen and oxygen atoms in total.